The lowest BCUT2D eigenvalue weighted by Gasteiger charge is -2.39. The van der Waals surface area contributed by atoms with Gasteiger partial charge in [0, 0.05) is 5.41 Å². The number of carbonyl (C=O) groups excluding carboxylic acids is 2. The summed E-state index contributed by atoms with van der Waals surface area (Å²) >= 11 is 0. The number of hydrogen-bond acceptors (Lipinski definition) is 4. The maximum absolute atomic E-state index is 9.06. The lowest BCUT2D eigenvalue weighted by atomic mass is 9.65. The Bertz CT molecular complexity index is 1310. The highest BCUT2D eigenvalue weighted by atomic mass is 16.5. The highest BCUT2D eigenvalue weighted by Crippen LogP contribution is 2.45. The minimum atomic E-state index is 0.121. The van der Waals surface area contributed by atoms with E-state index >= 15 is 0 Å². The molecule has 5 rings (SSSR count). The van der Waals surface area contributed by atoms with Crippen LogP contribution >= 0.6 is 0 Å². The first-order valence-electron chi connectivity index (χ1n) is 15.1. The predicted octanol–water partition coefficient (Wildman–Crippen LogP) is 8.88. The van der Waals surface area contributed by atoms with Gasteiger partial charge in [0.25, 0.3) is 0 Å². The molecule has 4 aromatic rings. The molecule has 1 saturated carbocycles. The van der Waals surface area contributed by atoms with Crippen molar-refractivity contribution in [2.45, 2.75) is 50.4 Å². The van der Waals surface area contributed by atoms with Gasteiger partial charge >= 0.3 is 0 Å². The summed E-state index contributed by atoms with van der Waals surface area (Å²) in [5.74, 6) is 1.81. The molecule has 0 unspecified atom stereocenters. The zero-order valence-corrected chi connectivity index (χ0v) is 26.0. The van der Waals surface area contributed by atoms with Crippen molar-refractivity contribution < 1.29 is 19.1 Å². The van der Waals surface area contributed by atoms with Gasteiger partial charge in [-0.05, 0) is 95.5 Å². The van der Waals surface area contributed by atoms with E-state index in [9.17, 15) is 0 Å². The second-order valence-corrected chi connectivity index (χ2v) is 10.8. The fourth-order valence-electron chi connectivity index (χ4n) is 5.74. The molecular weight excluding hydrogens is 544 g/mol. The topological polar surface area (TPSA) is 52.6 Å². The van der Waals surface area contributed by atoms with Crippen LogP contribution in [0.2, 0.25) is 0 Å². The number of aldehydes is 2. The normalized spacial score (nSPS) is 13.0. The van der Waals surface area contributed by atoms with Crippen molar-refractivity contribution >= 4 is 12.6 Å². The van der Waals surface area contributed by atoms with Gasteiger partial charge in [0.15, 0.2) is 0 Å². The molecule has 0 saturated heterocycles. The van der Waals surface area contributed by atoms with E-state index in [0.29, 0.717) is 12.6 Å². The Hall–Kier alpha value is -4.70. The van der Waals surface area contributed by atoms with Crippen molar-refractivity contribution in [2.75, 3.05) is 14.2 Å². The van der Waals surface area contributed by atoms with E-state index in [1.54, 1.807) is 14.2 Å². The Morgan fingerprint density at radius 1 is 0.545 bits per heavy atom. The lowest BCUT2D eigenvalue weighted by molar-refractivity contribution is -0.104. The van der Waals surface area contributed by atoms with Gasteiger partial charge in [-0.3, -0.25) is 9.59 Å². The molecule has 1 aliphatic carbocycles. The number of carbonyl (C=O) groups is 2. The standard InChI is InChI=1S/C34H36O2.2C3H4O/c1-35-32-18-10-28(11-19-32)24-26-6-14-30(15-7-26)34(22-4-3-5-23-34)31-16-8-27(9-17-31)25-29-12-20-33(36-2)21-13-29;2*1-2-3-4/h6-21H,3-5,22-25H2,1-2H3;2*2-3H,1H2. The Morgan fingerprint density at radius 2 is 0.841 bits per heavy atom. The SMILES string of the molecule is C=CC=O.C=CC=O.COc1ccc(Cc2ccc(C3(c4ccc(Cc5ccc(OC)cc5)cc4)CCCCC3)cc2)cc1. The van der Waals surface area contributed by atoms with Crippen molar-refractivity contribution in [3.8, 4) is 11.5 Å². The minimum absolute atomic E-state index is 0.121. The van der Waals surface area contributed by atoms with Crippen LogP contribution in [0.15, 0.2) is 122 Å². The average molecular weight is 589 g/mol. The monoisotopic (exact) mass is 588 g/mol. The van der Waals surface area contributed by atoms with Crippen molar-refractivity contribution in [3.63, 3.8) is 0 Å². The van der Waals surface area contributed by atoms with Gasteiger partial charge in [0.1, 0.15) is 24.1 Å². The summed E-state index contributed by atoms with van der Waals surface area (Å²) in [7, 11) is 3.42. The molecule has 0 aromatic heterocycles. The molecule has 0 amide bonds. The number of benzene rings is 4. The molecule has 0 N–H and O–H groups in total. The third kappa shape index (κ3) is 9.67. The molecule has 1 aliphatic rings. The Balaban J connectivity index is 0.000000592. The van der Waals surface area contributed by atoms with Crippen LogP contribution in [0.5, 0.6) is 11.5 Å². The van der Waals surface area contributed by atoms with Gasteiger partial charge in [-0.2, -0.15) is 0 Å². The van der Waals surface area contributed by atoms with Crippen molar-refractivity contribution in [2.24, 2.45) is 0 Å². The first kappa shape index (κ1) is 33.8. The summed E-state index contributed by atoms with van der Waals surface area (Å²) < 4.78 is 10.6. The van der Waals surface area contributed by atoms with Crippen LogP contribution < -0.4 is 9.47 Å². The summed E-state index contributed by atoms with van der Waals surface area (Å²) in [5.41, 5.74) is 8.36. The van der Waals surface area contributed by atoms with E-state index in [2.05, 4.69) is 86.0 Å². The molecule has 44 heavy (non-hydrogen) atoms. The van der Waals surface area contributed by atoms with Crippen molar-refractivity contribution in [1.29, 1.82) is 0 Å². The van der Waals surface area contributed by atoms with Gasteiger partial charge in [0.05, 0.1) is 14.2 Å². The van der Waals surface area contributed by atoms with Crippen LogP contribution in [0, 0.1) is 0 Å². The molecule has 228 valence electrons. The number of allylic oxidation sites excluding steroid dienone is 2. The summed E-state index contributed by atoms with van der Waals surface area (Å²) in [6, 6.07) is 35.6. The number of hydrogen-bond donors (Lipinski definition) is 0. The summed E-state index contributed by atoms with van der Waals surface area (Å²) in [6.45, 7) is 6.22. The highest BCUT2D eigenvalue weighted by molar-refractivity contribution is 5.63. The third-order valence-corrected chi connectivity index (χ3v) is 8.05. The molecule has 1 fully saturated rings. The van der Waals surface area contributed by atoms with Crippen molar-refractivity contribution in [3.05, 3.63) is 156 Å². The third-order valence-electron chi connectivity index (χ3n) is 8.05. The smallest absolute Gasteiger partial charge is 0.142 e. The van der Waals surface area contributed by atoms with Crippen LogP contribution in [0.25, 0.3) is 0 Å². The summed E-state index contributed by atoms with van der Waals surface area (Å²) in [4.78, 5) is 18.1. The van der Waals surface area contributed by atoms with Crippen LogP contribution in [0.3, 0.4) is 0 Å². The average Bonchev–Trinajstić information content (AvgIpc) is 3.10. The lowest BCUT2D eigenvalue weighted by Crippen LogP contribution is -2.30. The second-order valence-electron chi connectivity index (χ2n) is 10.8. The first-order chi connectivity index (χ1) is 21.5. The van der Waals surface area contributed by atoms with E-state index in [1.807, 2.05) is 24.3 Å². The number of methoxy groups -OCH3 is 2. The molecule has 0 aliphatic heterocycles. The number of rotatable bonds is 10. The van der Waals surface area contributed by atoms with Crippen molar-refractivity contribution in [1.82, 2.24) is 0 Å². The fraction of sp³-hybridized carbons (Fsp3) is 0.250. The van der Waals surface area contributed by atoms with E-state index in [-0.39, 0.29) is 5.41 Å². The number of ether oxygens (including phenoxy) is 2. The molecule has 0 spiro atoms. The molecule has 0 atom stereocenters. The maximum atomic E-state index is 9.06. The van der Waals surface area contributed by atoms with Gasteiger partial charge in [0.2, 0.25) is 0 Å². The quantitative estimate of drug-likeness (QED) is 0.137. The second kappa shape index (κ2) is 18.1. The molecule has 0 heterocycles. The van der Waals surface area contributed by atoms with E-state index in [4.69, 9.17) is 19.1 Å². The van der Waals surface area contributed by atoms with E-state index < -0.39 is 0 Å². The molecule has 0 radical (unpaired) electrons. The maximum Gasteiger partial charge on any atom is 0.142 e. The van der Waals surface area contributed by atoms with Gasteiger partial charge in [-0.1, -0.05) is 105 Å². The Morgan fingerprint density at radius 3 is 1.11 bits per heavy atom. The van der Waals surface area contributed by atoms with Crippen LogP contribution in [0.1, 0.15) is 65.5 Å². The Kier molecular flexibility index (Phi) is 13.9. The van der Waals surface area contributed by atoms with Gasteiger partial charge in [-0.15, -0.1) is 0 Å². The molecule has 4 nitrogen and oxygen atoms in total. The van der Waals surface area contributed by atoms with Crippen LogP contribution in [-0.4, -0.2) is 26.8 Å². The highest BCUT2D eigenvalue weighted by Gasteiger charge is 2.35. The first-order valence-corrected chi connectivity index (χ1v) is 15.1. The van der Waals surface area contributed by atoms with Crippen LogP contribution in [0.4, 0.5) is 0 Å². The molecule has 4 heteroatoms. The van der Waals surface area contributed by atoms with E-state index in [0.717, 1.165) is 24.3 Å². The van der Waals surface area contributed by atoms with E-state index in [1.165, 1.54) is 77.6 Å². The van der Waals surface area contributed by atoms with Gasteiger partial charge in [-0.25, -0.2) is 0 Å². The zero-order chi connectivity index (χ0) is 31.6. The molecular formula is C40H44O4. The predicted molar refractivity (Wildman–Crippen MR) is 181 cm³/mol. The van der Waals surface area contributed by atoms with Gasteiger partial charge < -0.3 is 9.47 Å². The Labute approximate surface area is 263 Å². The largest absolute Gasteiger partial charge is 0.497 e. The summed E-state index contributed by atoms with van der Waals surface area (Å²) in [5, 5.41) is 0. The minimum Gasteiger partial charge on any atom is -0.497 e. The summed E-state index contributed by atoms with van der Waals surface area (Å²) in [6.07, 6.45) is 11.9. The molecule has 0 bridgehead atoms. The van der Waals surface area contributed by atoms with Crippen LogP contribution in [-0.2, 0) is 27.8 Å². The zero-order valence-electron chi connectivity index (χ0n) is 26.0. The molecule has 4 aromatic carbocycles. The fourth-order valence-corrected chi connectivity index (χ4v) is 5.74.